The third kappa shape index (κ3) is 2.90. The quantitative estimate of drug-likeness (QED) is 0.607. The zero-order valence-electron chi connectivity index (χ0n) is 10.6. The highest BCUT2D eigenvalue weighted by molar-refractivity contribution is 7.99. The van der Waals surface area contributed by atoms with Gasteiger partial charge in [-0.2, -0.15) is 0 Å². The first-order valence-corrected chi connectivity index (χ1v) is 6.73. The van der Waals surface area contributed by atoms with Crippen LogP contribution in [0.25, 0.3) is 0 Å². The average molecular weight is 215 g/mol. The van der Waals surface area contributed by atoms with E-state index in [1.807, 2.05) is 0 Å². The second-order valence-electron chi connectivity index (χ2n) is 6.35. The van der Waals surface area contributed by atoms with Crippen molar-refractivity contribution in [2.75, 3.05) is 11.6 Å². The van der Waals surface area contributed by atoms with Crippen molar-refractivity contribution < 1.29 is 0 Å². The molecule has 1 aliphatic heterocycles. The molecule has 0 aromatic rings. The van der Waals surface area contributed by atoms with Crippen LogP contribution in [-0.4, -0.2) is 28.1 Å². The van der Waals surface area contributed by atoms with Crippen LogP contribution in [0.2, 0.25) is 0 Å². The molecule has 1 rings (SSSR count). The van der Waals surface area contributed by atoms with Gasteiger partial charge in [0, 0.05) is 17.5 Å². The van der Waals surface area contributed by atoms with Gasteiger partial charge in [-0.1, -0.05) is 20.8 Å². The molecule has 0 aliphatic carbocycles. The largest absolute Gasteiger partial charge is 0.286 e. The first-order chi connectivity index (χ1) is 6.23. The van der Waals surface area contributed by atoms with Crippen molar-refractivity contribution in [1.82, 2.24) is 4.90 Å². The Labute approximate surface area is 93.6 Å². The van der Waals surface area contributed by atoms with E-state index in [-0.39, 0.29) is 0 Å². The molecule has 1 aliphatic rings. The molecule has 1 fully saturated rings. The summed E-state index contributed by atoms with van der Waals surface area (Å²) < 4.78 is 0. The standard InChI is InChI=1S/C12H25NS/c1-11(2,3)10-7-8-14-9-13(10)12(4,5)6/h10H,7-9H2,1-6H3. The smallest absolute Gasteiger partial charge is 0.0452 e. The van der Waals surface area contributed by atoms with E-state index in [0.717, 1.165) is 6.04 Å². The lowest BCUT2D eigenvalue weighted by molar-refractivity contribution is 0.0352. The Kier molecular flexibility index (Phi) is 3.58. The minimum absolute atomic E-state index is 0.311. The van der Waals surface area contributed by atoms with Crippen LogP contribution in [0.5, 0.6) is 0 Å². The van der Waals surface area contributed by atoms with E-state index in [0.29, 0.717) is 11.0 Å². The molecule has 1 heterocycles. The summed E-state index contributed by atoms with van der Waals surface area (Å²) in [5.41, 5.74) is 0.722. The molecule has 1 saturated heterocycles. The summed E-state index contributed by atoms with van der Waals surface area (Å²) in [6, 6.07) is 0.740. The van der Waals surface area contributed by atoms with Crippen LogP contribution < -0.4 is 0 Å². The van der Waals surface area contributed by atoms with Gasteiger partial charge in [0.15, 0.2) is 0 Å². The van der Waals surface area contributed by atoms with Crippen molar-refractivity contribution in [3.8, 4) is 0 Å². The van der Waals surface area contributed by atoms with E-state index in [9.17, 15) is 0 Å². The van der Waals surface area contributed by atoms with Crippen molar-refractivity contribution in [2.24, 2.45) is 5.41 Å². The van der Waals surface area contributed by atoms with Gasteiger partial charge in [0.2, 0.25) is 0 Å². The SMILES string of the molecule is CC(C)(C)C1CCSCN1C(C)(C)C. The highest BCUT2D eigenvalue weighted by Crippen LogP contribution is 2.36. The Balaban J connectivity index is 2.80. The zero-order chi connectivity index (χ0) is 11.0. The van der Waals surface area contributed by atoms with Crippen LogP contribution in [-0.2, 0) is 0 Å². The Morgan fingerprint density at radius 3 is 2.00 bits per heavy atom. The van der Waals surface area contributed by atoms with Gasteiger partial charge in [0.1, 0.15) is 0 Å². The maximum atomic E-state index is 2.67. The molecule has 1 nitrogen and oxygen atoms in total. The maximum absolute atomic E-state index is 2.67. The summed E-state index contributed by atoms with van der Waals surface area (Å²) in [4.78, 5) is 2.67. The van der Waals surface area contributed by atoms with Gasteiger partial charge >= 0.3 is 0 Å². The number of hydrogen-bond acceptors (Lipinski definition) is 2. The molecule has 0 spiro atoms. The van der Waals surface area contributed by atoms with E-state index in [2.05, 4.69) is 58.2 Å². The number of rotatable bonds is 0. The van der Waals surface area contributed by atoms with Gasteiger partial charge in [0.25, 0.3) is 0 Å². The molecule has 0 N–H and O–H groups in total. The molecule has 0 radical (unpaired) electrons. The molecule has 84 valence electrons. The Morgan fingerprint density at radius 1 is 1.07 bits per heavy atom. The molecular weight excluding hydrogens is 190 g/mol. The summed E-state index contributed by atoms with van der Waals surface area (Å²) in [5, 5.41) is 0. The first-order valence-electron chi connectivity index (χ1n) is 5.57. The van der Waals surface area contributed by atoms with Gasteiger partial charge in [-0.05, 0) is 38.4 Å². The van der Waals surface area contributed by atoms with Crippen molar-refractivity contribution in [1.29, 1.82) is 0 Å². The second kappa shape index (κ2) is 4.05. The maximum Gasteiger partial charge on any atom is 0.0452 e. The van der Waals surface area contributed by atoms with E-state index >= 15 is 0 Å². The molecule has 2 heteroatoms. The van der Waals surface area contributed by atoms with Gasteiger partial charge < -0.3 is 0 Å². The van der Waals surface area contributed by atoms with E-state index in [1.54, 1.807) is 0 Å². The summed E-state index contributed by atoms with van der Waals surface area (Å²) >= 11 is 2.08. The van der Waals surface area contributed by atoms with E-state index in [4.69, 9.17) is 0 Å². The third-order valence-electron chi connectivity index (χ3n) is 3.00. The third-order valence-corrected chi connectivity index (χ3v) is 3.99. The molecule has 0 aromatic carbocycles. The summed E-state index contributed by atoms with van der Waals surface area (Å²) in [6.07, 6.45) is 1.34. The molecule has 14 heavy (non-hydrogen) atoms. The fourth-order valence-electron chi connectivity index (χ4n) is 2.17. The second-order valence-corrected chi connectivity index (χ2v) is 7.42. The van der Waals surface area contributed by atoms with Crippen LogP contribution in [0, 0.1) is 5.41 Å². The fourth-order valence-corrected chi connectivity index (χ4v) is 3.45. The van der Waals surface area contributed by atoms with Gasteiger partial charge in [0.05, 0.1) is 0 Å². The van der Waals surface area contributed by atoms with E-state index in [1.165, 1.54) is 18.1 Å². The fraction of sp³-hybridized carbons (Fsp3) is 1.00. The molecule has 0 bridgehead atoms. The molecule has 0 amide bonds. The zero-order valence-corrected chi connectivity index (χ0v) is 11.4. The minimum atomic E-state index is 0.311. The Hall–Kier alpha value is 0.310. The van der Waals surface area contributed by atoms with Crippen LogP contribution in [0.15, 0.2) is 0 Å². The lowest BCUT2D eigenvalue weighted by Crippen LogP contribution is -2.55. The normalized spacial score (nSPS) is 26.6. The molecule has 0 aromatic heterocycles. The monoisotopic (exact) mass is 215 g/mol. The van der Waals surface area contributed by atoms with Gasteiger partial charge in [-0.3, -0.25) is 4.90 Å². The molecule has 1 atom stereocenters. The average Bonchev–Trinajstić information content (AvgIpc) is 2.01. The number of nitrogens with zero attached hydrogens (tertiary/aromatic N) is 1. The topological polar surface area (TPSA) is 3.24 Å². The Bertz CT molecular complexity index is 165. The predicted molar refractivity (Wildman–Crippen MR) is 66.8 cm³/mol. The lowest BCUT2D eigenvalue weighted by Gasteiger charge is -2.49. The number of thioether (sulfide) groups is 1. The van der Waals surface area contributed by atoms with Crippen LogP contribution in [0.1, 0.15) is 48.0 Å². The summed E-state index contributed by atoms with van der Waals surface area (Å²) in [6.45, 7) is 14.1. The summed E-state index contributed by atoms with van der Waals surface area (Å²) in [5.74, 6) is 2.53. The highest BCUT2D eigenvalue weighted by Gasteiger charge is 2.37. The van der Waals surface area contributed by atoms with Crippen LogP contribution in [0.4, 0.5) is 0 Å². The molecule has 0 saturated carbocycles. The van der Waals surface area contributed by atoms with Crippen LogP contribution >= 0.6 is 11.8 Å². The van der Waals surface area contributed by atoms with Crippen molar-refractivity contribution in [2.45, 2.75) is 59.5 Å². The van der Waals surface area contributed by atoms with Crippen molar-refractivity contribution in [3.63, 3.8) is 0 Å². The van der Waals surface area contributed by atoms with Crippen molar-refractivity contribution >= 4 is 11.8 Å². The molecular formula is C12H25NS. The first kappa shape index (κ1) is 12.4. The minimum Gasteiger partial charge on any atom is -0.286 e. The predicted octanol–water partition coefficient (Wildman–Crippen LogP) is 3.60. The molecule has 1 unspecified atom stereocenters. The van der Waals surface area contributed by atoms with Gasteiger partial charge in [-0.15, -0.1) is 11.8 Å². The highest BCUT2D eigenvalue weighted by atomic mass is 32.2. The lowest BCUT2D eigenvalue weighted by atomic mass is 9.82. The van der Waals surface area contributed by atoms with Crippen molar-refractivity contribution in [3.05, 3.63) is 0 Å². The van der Waals surface area contributed by atoms with Gasteiger partial charge in [-0.25, -0.2) is 0 Å². The number of hydrogen-bond donors (Lipinski definition) is 0. The van der Waals surface area contributed by atoms with Crippen LogP contribution in [0.3, 0.4) is 0 Å². The van der Waals surface area contributed by atoms with E-state index < -0.39 is 0 Å². The summed E-state index contributed by atoms with van der Waals surface area (Å²) in [7, 11) is 0. The Morgan fingerprint density at radius 2 is 1.64 bits per heavy atom.